The maximum atomic E-state index is 14.0. The highest BCUT2D eigenvalue weighted by molar-refractivity contribution is 9.10. The van der Waals surface area contributed by atoms with Crippen LogP contribution in [0.5, 0.6) is 0 Å². The van der Waals surface area contributed by atoms with Crippen LogP contribution in [0, 0.1) is 19.3 Å². The van der Waals surface area contributed by atoms with Crippen molar-refractivity contribution in [3.63, 3.8) is 0 Å². The number of nitrogens with one attached hydrogen (secondary N) is 1. The molecule has 0 heterocycles. The van der Waals surface area contributed by atoms with Gasteiger partial charge < -0.3 is 5.32 Å². The molecule has 5 rings (SSSR count). The van der Waals surface area contributed by atoms with Crippen LogP contribution in [0.4, 0.5) is 0 Å². The van der Waals surface area contributed by atoms with Gasteiger partial charge in [0, 0.05) is 10.0 Å². The molecule has 1 unspecified atom stereocenters. The van der Waals surface area contributed by atoms with E-state index in [-0.39, 0.29) is 5.78 Å². The molecule has 0 amide bonds. The minimum absolute atomic E-state index is 0.286. The predicted molar refractivity (Wildman–Crippen MR) is 167 cm³/mol. The van der Waals surface area contributed by atoms with Crippen molar-refractivity contribution < 1.29 is 4.79 Å². The third-order valence-corrected chi connectivity index (χ3v) is 8.52. The van der Waals surface area contributed by atoms with Gasteiger partial charge in [0.15, 0.2) is 5.78 Å². The van der Waals surface area contributed by atoms with Crippen LogP contribution >= 0.6 is 15.9 Å². The average Bonchev–Trinajstić information content (AvgIpc) is 3.48. The third kappa shape index (κ3) is 6.45. The Morgan fingerprint density at radius 3 is 2.32 bits per heavy atom. The second kappa shape index (κ2) is 13.9. The Bertz CT molecular complexity index is 1290. The van der Waals surface area contributed by atoms with Gasteiger partial charge in [0.2, 0.25) is 0 Å². The fourth-order valence-electron chi connectivity index (χ4n) is 5.36. The van der Waals surface area contributed by atoms with Gasteiger partial charge in [0.05, 0.1) is 5.41 Å². The van der Waals surface area contributed by atoms with E-state index in [0.717, 1.165) is 47.8 Å². The summed E-state index contributed by atoms with van der Waals surface area (Å²) in [5.41, 5.74) is 9.03. The predicted octanol–water partition coefficient (Wildman–Crippen LogP) is 8.87. The topological polar surface area (TPSA) is 29.1 Å². The van der Waals surface area contributed by atoms with Crippen molar-refractivity contribution in [3.8, 4) is 0 Å². The summed E-state index contributed by atoms with van der Waals surface area (Å²) >= 11 is 3.74. The molecule has 2 aliphatic carbocycles. The number of benzene rings is 3. The number of aryl methyl sites for hydroxylation is 1. The Balaban J connectivity index is 0.000000388. The molecule has 2 aliphatic rings. The van der Waals surface area contributed by atoms with Gasteiger partial charge in [-0.05, 0) is 92.6 Å². The minimum Gasteiger partial charge on any atom is -0.319 e. The van der Waals surface area contributed by atoms with Crippen LogP contribution in [0.25, 0.3) is 6.08 Å². The molecule has 200 valence electrons. The lowest BCUT2D eigenvalue weighted by Crippen LogP contribution is -2.33. The number of halogens is 1. The first-order chi connectivity index (χ1) is 18.3. The summed E-state index contributed by atoms with van der Waals surface area (Å²) < 4.78 is 1.13. The molecule has 38 heavy (non-hydrogen) atoms. The van der Waals surface area contributed by atoms with Crippen molar-refractivity contribution in [2.45, 2.75) is 59.8 Å². The smallest absolute Gasteiger partial charge is 0.174 e. The standard InChI is InChI=1S/C27H23BrO.C5H11N.C3H8/c1-17-12-23-24(18(2)25(17)28)16-27(26(23)29,15-19-8-4-3-5-9-19)22-13-20-10-6-7-11-21(20)14-22;1-3-4-5-6-2;1-3-2/h3-13H,14-16H2,1-2H3;3,6H,1,4-5H2,2H3;3H2,1-2H3. The molecule has 0 radical (unpaired) electrons. The molecule has 3 aromatic rings. The first-order valence-corrected chi connectivity index (χ1v) is 14.5. The molecule has 3 heteroatoms. The highest BCUT2D eigenvalue weighted by Gasteiger charge is 2.49. The Hall–Kier alpha value is -2.75. The lowest BCUT2D eigenvalue weighted by Gasteiger charge is -2.30. The lowest BCUT2D eigenvalue weighted by atomic mass is 9.71. The molecule has 3 aromatic carbocycles. The first kappa shape index (κ1) is 29.8. The van der Waals surface area contributed by atoms with E-state index >= 15 is 0 Å². The van der Waals surface area contributed by atoms with Crippen molar-refractivity contribution in [1.82, 2.24) is 5.32 Å². The summed E-state index contributed by atoms with van der Waals surface area (Å²) in [6.07, 6.45) is 8.88. The third-order valence-electron chi connectivity index (χ3n) is 7.30. The fourth-order valence-corrected chi connectivity index (χ4v) is 5.71. The maximum Gasteiger partial charge on any atom is 0.174 e. The van der Waals surface area contributed by atoms with Gasteiger partial charge in [-0.2, -0.15) is 0 Å². The fraction of sp³-hybridized carbons (Fsp3) is 0.343. The van der Waals surface area contributed by atoms with Crippen molar-refractivity contribution >= 4 is 27.8 Å². The van der Waals surface area contributed by atoms with Crippen molar-refractivity contribution in [2.24, 2.45) is 5.41 Å². The van der Waals surface area contributed by atoms with Crippen LogP contribution in [-0.2, 0) is 19.3 Å². The van der Waals surface area contributed by atoms with Crippen molar-refractivity contribution in [1.29, 1.82) is 0 Å². The highest BCUT2D eigenvalue weighted by Crippen LogP contribution is 2.50. The number of fused-ring (bicyclic) bond motifs is 2. The van der Waals surface area contributed by atoms with E-state index in [1.165, 1.54) is 39.8 Å². The summed E-state index contributed by atoms with van der Waals surface area (Å²) in [5, 5.41) is 3.00. The molecule has 0 bridgehead atoms. The number of rotatable bonds is 6. The molecular formula is C35H42BrNO. The summed E-state index contributed by atoms with van der Waals surface area (Å²) in [5.74, 6) is 0.286. The SMILES string of the molecule is C=CCCNC.CCC.Cc1cc2c(c(C)c1Br)CC(Cc1ccccc1)(C1=Cc3ccccc3C1)C2=O. The number of Topliss-reactive ketones (excluding diaryl/α,β-unsaturated/α-hetero) is 1. The van der Waals surface area contributed by atoms with E-state index < -0.39 is 5.41 Å². The molecule has 0 aromatic heterocycles. The quantitative estimate of drug-likeness (QED) is 0.236. The molecule has 0 spiro atoms. The first-order valence-electron chi connectivity index (χ1n) is 13.7. The van der Waals surface area contributed by atoms with Gasteiger partial charge >= 0.3 is 0 Å². The van der Waals surface area contributed by atoms with Crippen LogP contribution in [0.1, 0.15) is 70.4 Å². The molecule has 0 fully saturated rings. The van der Waals surface area contributed by atoms with Crippen molar-refractivity contribution in [2.75, 3.05) is 13.6 Å². The van der Waals surface area contributed by atoms with Crippen molar-refractivity contribution in [3.05, 3.63) is 122 Å². The van der Waals surface area contributed by atoms with E-state index in [0.29, 0.717) is 0 Å². The van der Waals surface area contributed by atoms with E-state index in [1.807, 2.05) is 19.2 Å². The Kier molecular flexibility index (Phi) is 10.9. The summed E-state index contributed by atoms with van der Waals surface area (Å²) in [6.45, 7) is 13.1. The zero-order valence-electron chi connectivity index (χ0n) is 23.7. The van der Waals surface area contributed by atoms with Crippen LogP contribution in [0.2, 0.25) is 0 Å². The van der Waals surface area contributed by atoms with Crippen LogP contribution in [0.3, 0.4) is 0 Å². The molecular weight excluding hydrogens is 530 g/mol. The van der Waals surface area contributed by atoms with Crippen LogP contribution < -0.4 is 5.32 Å². The normalized spacial score (nSPS) is 16.9. The zero-order chi connectivity index (χ0) is 27.7. The summed E-state index contributed by atoms with van der Waals surface area (Å²) in [6, 6.07) is 21.1. The molecule has 2 nitrogen and oxygen atoms in total. The van der Waals surface area contributed by atoms with Gasteiger partial charge in [-0.3, -0.25) is 4.79 Å². The molecule has 0 saturated heterocycles. The molecule has 1 atom stereocenters. The van der Waals surface area contributed by atoms with Gasteiger partial charge in [0.1, 0.15) is 0 Å². The minimum atomic E-state index is -0.499. The molecule has 0 saturated carbocycles. The Labute approximate surface area is 238 Å². The highest BCUT2D eigenvalue weighted by atomic mass is 79.9. The Morgan fingerprint density at radius 1 is 1.05 bits per heavy atom. The van der Waals surface area contributed by atoms with E-state index in [2.05, 4.69) is 116 Å². The number of ketones is 1. The number of hydrogen-bond donors (Lipinski definition) is 1. The van der Waals surface area contributed by atoms with Crippen LogP contribution in [-0.4, -0.2) is 19.4 Å². The maximum absolute atomic E-state index is 14.0. The number of carbonyl (C=O) groups excluding carboxylic acids is 1. The number of carbonyl (C=O) groups is 1. The average molecular weight is 573 g/mol. The second-order valence-corrected chi connectivity index (χ2v) is 11.1. The van der Waals surface area contributed by atoms with Gasteiger partial charge in [-0.25, -0.2) is 0 Å². The van der Waals surface area contributed by atoms with Gasteiger partial charge in [-0.1, -0.05) is 109 Å². The Morgan fingerprint density at radius 2 is 1.71 bits per heavy atom. The number of hydrogen-bond acceptors (Lipinski definition) is 2. The second-order valence-electron chi connectivity index (χ2n) is 10.3. The summed E-state index contributed by atoms with van der Waals surface area (Å²) in [4.78, 5) is 14.0. The largest absolute Gasteiger partial charge is 0.319 e. The summed E-state index contributed by atoms with van der Waals surface area (Å²) in [7, 11) is 1.93. The van der Waals surface area contributed by atoms with E-state index in [4.69, 9.17) is 0 Å². The van der Waals surface area contributed by atoms with Crippen LogP contribution in [0.15, 0.2) is 83.4 Å². The van der Waals surface area contributed by atoms with Gasteiger partial charge in [-0.15, -0.1) is 6.58 Å². The lowest BCUT2D eigenvalue weighted by molar-refractivity contribution is 0.0861. The van der Waals surface area contributed by atoms with Gasteiger partial charge in [0.25, 0.3) is 0 Å². The molecule has 1 N–H and O–H groups in total. The number of allylic oxidation sites excluding steroid dienone is 1. The van der Waals surface area contributed by atoms with E-state index in [1.54, 1.807) is 0 Å². The molecule has 0 aliphatic heterocycles. The zero-order valence-corrected chi connectivity index (χ0v) is 25.3. The monoisotopic (exact) mass is 571 g/mol. The van der Waals surface area contributed by atoms with E-state index in [9.17, 15) is 4.79 Å².